The highest BCUT2D eigenvalue weighted by Crippen LogP contribution is 2.20. The lowest BCUT2D eigenvalue weighted by molar-refractivity contribution is -0.698. The molecule has 0 radical (unpaired) electrons. The SMILES string of the molecule is CCN(CCSC)c1ccc(C=C(C)c2cc[n+](CCO)cc2)cc1. The maximum Gasteiger partial charge on any atom is 0.171 e. The first kappa shape index (κ1) is 19.5. The largest absolute Gasteiger partial charge is 0.390 e. The molecule has 1 aromatic carbocycles. The molecule has 1 aromatic heterocycles. The highest BCUT2D eigenvalue weighted by Gasteiger charge is 2.04. The van der Waals surface area contributed by atoms with E-state index in [0.29, 0.717) is 6.54 Å². The lowest BCUT2D eigenvalue weighted by atomic mass is 10.1. The predicted octanol–water partition coefficient (Wildman–Crippen LogP) is 3.72. The normalized spacial score (nSPS) is 11.6. The zero-order valence-corrected chi connectivity index (χ0v) is 16.3. The van der Waals surface area contributed by atoms with Crippen LogP contribution in [-0.4, -0.2) is 36.8 Å². The molecule has 134 valence electrons. The van der Waals surface area contributed by atoms with Crippen LogP contribution in [-0.2, 0) is 6.54 Å². The first-order valence-corrected chi connectivity index (χ1v) is 10.2. The Hall–Kier alpha value is -1.78. The number of rotatable bonds is 9. The summed E-state index contributed by atoms with van der Waals surface area (Å²) in [6, 6.07) is 13.0. The van der Waals surface area contributed by atoms with Crippen molar-refractivity contribution in [1.29, 1.82) is 0 Å². The van der Waals surface area contributed by atoms with E-state index in [4.69, 9.17) is 5.11 Å². The van der Waals surface area contributed by atoms with E-state index in [2.05, 4.69) is 67.5 Å². The summed E-state index contributed by atoms with van der Waals surface area (Å²) in [6.45, 7) is 7.26. The summed E-state index contributed by atoms with van der Waals surface area (Å²) in [4.78, 5) is 2.41. The van der Waals surface area contributed by atoms with E-state index in [1.165, 1.54) is 22.4 Å². The maximum absolute atomic E-state index is 8.98. The Morgan fingerprint density at radius 1 is 1.16 bits per heavy atom. The zero-order valence-electron chi connectivity index (χ0n) is 15.5. The molecule has 0 saturated heterocycles. The minimum atomic E-state index is 0.164. The Balaban J connectivity index is 2.09. The molecule has 0 saturated carbocycles. The van der Waals surface area contributed by atoms with Crippen LogP contribution < -0.4 is 9.47 Å². The van der Waals surface area contributed by atoms with Crippen molar-refractivity contribution in [2.75, 3.05) is 36.6 Å². The number of hydrogen-bond acceptors (Lipinski definition) is 3. The monoisotopic (exact) mass is 357 g/mol. The van der Waals surface area contributed by atoms with Gasteiger partial charge in [-0.15, -0.1) is 0 Å². The molecule has 0 aliphatic rings. The van der Waals surface area contributed by atoms with E-state index in [-0.39, 0.29) is 6.61 Å². The van der Waals surface area contributed by atoms with Crippen LogP contribution in [0.25, 0.3) is 11.6 Å². The minimum absolute atomic E-state index is 0.164. The van der Waals surface area contributed by atoms with Crippen molar-refractivity contribution in [3.63, 3.8) is 0 Å². The number of aromatic nitrogens is 1. The van der Waals surface area contributed by atoms with Crippen LogP contribution in [0.2, 0.25) is 0 Å². The van der Waals surface area contributed by atoms with Crippen LogP contribution in [0.4, 0.5) is 5.69 Å². The molecule has 0 aliphatic heterocycles. The average molecular weight is 358 g/mol. The summed E-state index contributed by atoms with van der Waals surface area (Å²) in [5, 5.41) is 8.98. The van der Waals surface area contributed by atoms with Crippen molar-refractivity contribution in [2.45, 2.75) is 20.4 Å². The van der Waals surface area contributed by atoms with Gasteiger partial charge in [0.2, 0.25) is 0 Å². The molecule has 1 heterocycles. The van der Waals surface area contributed by atoms with Gasteiger partial charge in [0, 0.05) is 36.7 Å². The van der Waals surface area contributed by atoms with E-state index in [1.807, 2.05) is 28.7 Å². The maximum atomic E-state index is 8.98. The van der Waals surface area contributed by atoms with Gasteiger partial charge in [-0.2, -0.15) is 11.8 Å². The molecule has 0 atom stereocenters. The van der Waals surface area contributed by atoms with Crippen molar-refractivity contribution >= 4 is 29.1 Å². The third-order valence-electron chi connectivity index (χ3n) is 4.29. The van der Waals surface area contributed by atoms with Crippen molar-refractivity contribution in [3.05, 3.63) is 59.9 Å². The molecule has 0 fully saturated rings. The molecule has 0 spiro atoms. The van der Waals surface area contributed by atoms with Gasteiger partial charge in [0.15, 0.2) is 18.9 Å². The van der Waals surface area contributed by atoms with Gasteiger partial charge < -0.3 is 10.0 Å². The molecule has 0 bridgehead atoms. The second kappa shape index (κ2) is 10.3. The van der Waals surface area contributed by atoms with E-state index in [0.717, 1.165) is 18.8 Å². The summed E-state index contributed by atoms with van der Waals surface area (Å²) in [5.74, 6) is 1.15. The molecule has 2 aromatic rings. The first-order chi connectivity index (χ1) is 12.2. The van der Waals surface area contributed by atoms with Gasteiger partial charge in [0.25, 0.3) is 0 Å². The summed E-state index contributed by atoms with van der Waals surface area (Å²) >= 11 is 1.89. The quantitative estimate of drug-likeness (QED) is 0.693. The topological polar surface area (TPSA) is 27.4 Å². The smallest absolute Gasteiger partial charge is 0.171 e. The lowest BCUT2D eigenvalue weighted by Gasteiger charge is -2.22. The molecule has 3 nitrogen and oxygen atoms in total. The standard InChI is InChI=1S/C21H29N2OS/c1-4-23(14-16-25-3)21-7-5-19(6-8-21)17-18(2)20-9-11-22(12-10-20)13-15-24/h5-12,17,24H,4,13-16H2,1-3H3/q+1. The van der Waals surface area contributed by atoms with Gasteiger partial charge in [0.1, 0.15) is 6.61 Å². The zero-order chi connectivity index (χ0) is 18.1. The third-order valence-corrected chi connectivity index (χ3v) is 4.88. The fraction of sp³-hybridized carbons (Fsp3) is 0.381. The van der Waals surface area contributed by atoms with Crippen LogP contribution in [0.5, 0.6) is 0 Å². The molecular formula is C21H29N2OS+. The molecule has 0 amide bonds. The summed E-state index contributed by atoms with van der Waals surface area (Å²) in [6.07, 6.45) is 8.39. The lowest BCUT2D eigenvalue weighted by Crippen LogP contribution is -2.34. The Morgan fingerprint density at radius 3 is 2.40 bits per heavy atom. The van der Waals surface area contributed by atoms with E-state index in [9.17, 15) is 0 Å². The Bertz CT molecular complexity index is 665. The second-order valence-electron chi connectivity index (χ2n) is 6.04. The molecule has 1 N–H and O–H groups in total. The molecule has 25 heavy (non-hydrogen) atoms. The number of benzene rings is 1. The van der Waals surface area contributed by atoms with Crippen LogP contribution in [0.15, 0.2) is 48.8 Å². The minimum Gasteiger partial charge on any atom is -0.390 e. The van der Waals surface area contributed by atoms with Crippen LogP contribution >= 0.6 is 11.8 Å². The third kappa shape index (κ3) is 5.91. The van der Waals surface area contributed by atoms with Crippen LogP contribution in [0.3, 0.4) is 0 Å². The molecule has 0 unspecified atom stereocenters. The Kier molecular flexibility index (Phi) is 8.02. The van der Waals surface area contributed by atoms with Gasteiger partial charge >= 0.3 is 0 Å². The van der Waals surface area contributed by atoms with Gasteiger partial charge in [-0.05, 0) is 48.9 Å². The van der Waals surface area contributed by atoms with Crippen molar-refractivity contribution in [3.8, 4) is 0 Å². The summed E-state index contributed by atoms with van der Waals surface area (Å²) < 4.78 is 1.99. The Morgan fingerprint density at radius 2 is 1.84 bits per heavy atom. The number of anilines is 1. The number of thioether (sulfide) groups is 1. The van der Waals surface area contributed by atoms with E-state index < -0.39 is 0 Å². The highest BCUT2D eigenvalue weighted by molar-refractivity contribution is 7.98. The van der Waals surface area contributed by atoms with Crippen molar-refractivity contribution < 1.29 is 9.67 Å². The molecule has 2 rings (SSSR count). The molecule has 0 aliphatic carbocycles. The van der Waals surface area contributed by atoms with E-state index in [1.54, 1.807) is 0 Å². The van der Waals surface area contributed by atoms with Gasteiger partial charge in [-0.1, -0.05) is 18.2 Å². The van der Waals surface area contributed by atoms with Gasteiger partial charge in [-0.3, -0.25) is 0 Å². The summed E-state index contributed by atoms with van der Waals surface area (Å²) in [5.41, 5.74) is 4.94. The number of pyridine rings is 1. The number of aliphatic hydroxyl groups excluding tert-OH is 1. The fourth-order valence-corrected chi connectivity index (χ4v) is 3.17. The fourth-order valence-electron chi connectivity index (χ4n) is 2.77. The van der Waals surface area contributed by atoms with Gasteiger partial charge in [-0.25, -0.2) is 4.57 Å². The van der Waals surface area contributed by atoms with Crippen LogP contribution in [0, 0.1) is 0 Å². The van der Waals surface area contributed by atoms with Crippen LogP contribution in [0.1, 0.15) is 25.0 Å². The number of hydrogen-bond donors (Lipinski definition) is 1. The number of aliphatic hydroxyl groups is 1. The first-order valence-electron chi connectivity index (χ1n) is 8.80. The predicted molar refractivity (Wildman–Crippen MR) is 110 cm³/mol. The number of allylic oxidation sites excluding steroid dienone is 1. The second-order valence-corrected chi connectivity index (χ2v) is 7.03. The summed E-state index contributed by atoms with van der Waals surface area (Å²) in [7, 11) is 0. The average Bonchev–Trinajstić information content (AvgIpc) is 2.64. The highest BCUT2D eigenvalue weighted by atomic mass is 32.2. The number of nitrogens with zero attached hydrogens (tertiary/aromatic N) is 2. The molecular weight excluding hydrogens is 328 g/mol. The van der Waals surface area contributed by atoms with E-state index >= 15 is 0 Å². The van der Waals surface area contributed by atoms with Gasteiger partial charge in [0.05, 0.1) is 0 Å². The van der Waals surface area contributed by atoms with Crippen molar-refractivity contribution in [1.82, 2.24) is 0 Å². The van der Waals surface area contributed by atoms with Crippen molar-refractivity contribution in [2.24, 2.45) is 0 Å². The molecule has 4 heteroatoms. The Labute approximate surface area is 156 Å².